The van der Waals surface area contributed by atoms with E-state index < -0.39 is 10.5 Å². The lowest BCUT2D eigenvalue weighted by Crippen LogP contribution is -2.38. The normalized spacial score (nSPS) is 16.2. The smallest absolute Gasteiger partial charge is 0.215 e. The van der Waals surface area contributed by atoms with Gasteiger partial charge in [-0.15, -0.1) is 17.0 Å². The van der Waals surface area contributed by atoms with Gasteiger partial charge in [-0.1, -0.05) is 16.8 Å². The van der Waals surface area contributed by atoms with Crippen molar-refractivity contribution in [3.63, 3.8) is 0 Å². The van der Waals surface area contributed by atoms with Crippen LogP contribution in [0.25, 0.3) is 5.70 Å². The Kier molecular flexibility index (Phi) is 5.52. The lowest BCUT2D eigenvalue weighted by molar-refractivity contribution is -0.635. The summed E-state index contributed by atoms with van der Waals surface area (Å²) in [7, 11) is 0. The van der Waals surface area contributed by atoms with E-state index in [0.29, 0.717) is 16.9 Å². The van der Waals surface area contributed by atoms with Gasteiger partial charge < -0.3 is 15.5 Å². The van der Waals surface area contributed by atoms with Crippen LogP contribution in [0.15, 0.2) is 48.1 Å². The lowest BCUT2D eigenvalue weighted by Gasteiger charge is -2.20. The molecule has 8 nitrogen and oxygen atoms in total. The molecule has 10 heteroatoms. The van der Waals surface area contributed by atoms with E-state index in [2.05, 4.69) is 10.3 Å². The summed E-state index contributed by atoms with van der Waals surface area (Å²) >= 11 is 1.23. The third kappa shape index (κ3) is 3.54. The lowest BCUT2D eigenvalue weighted by atomic mass is 10.1. The molecule has 0 saturated heterocycles. The highest BCUT2D eigenvalue weighted by molar-refractivity contribution is 8.93. The first-order valence-corrected chi connectivity index (χ1v) is 7.48. The molecule has 1 aliphatic rings. The molecule has 0 aliphatic carbocycles. The van der Waals surface area contributed by atoms with E-state index >= 15 is 0 Å². The van der Waals surface area contributed by atoms with E-state index in [9.17, 15) is 20.3 Å². The first-order chi connectivity index (χ1) is 11.1. The van der Waals surface area contributed by atoms with Gasteiger partial charge in [-0.2, -0.15) is 0 Å². The monoisotopic (exact) mass is 412 g/mol. The van der Waals surface area contributed by atoms with Crippen molar-refractivity contribution in [2.45, 2.75) is 5.50 Å². The van der Waals surface area contributed by atoms with Crippen LogP contribution in [0.3, 0.4) is 0 Å². The Labute approximate surface area is 151 Å². The van der Waals surface area contributed by atoms with E-state index in [1.54, 1.807) is 29.9 Å². The molecule has 2 heterocycles. The minimum atomic E-state index is -0.653. The van der Waals surface area contributed by atoms with E-state index in [4.69, 9.17) is 0 Å². The number of hydrogen-bond acceptors (Lipinski definition) is 7. The molecule has 0 bridgehead atoms. The van der Waals surface area contributed by atoms with Crippen molar-refractivity contribution in [2.24, 2.45) is 0 Å². The number of phenols is 2. The van der Waals surface area contributed by atoms with Crippen LogP contribution in [0.1, 0.15) is 5.56 Å². The number of hydrazine groups is 1. The van der Waals surface area contributed by atoms with Crippen LogP contribution in [0, 0.1) is 10.1 Å². The molecule has 3 rings (SSSR count). The largest absolute Gasteiger partial charge is 0.504 e. The van der Waals surface area contributed by atoms with Crippen molar-refractivity contribution in [1.82, 2.24) is 9.99 Å². The summed E-state index contributed by atoms with van der Waals surface area (Å²) in [5.74, 6) is -0.613. The summed E-state index contributed by atoms with van der Waals surface area (Å²) in [6.45, 7) is 0. The molecule has 0 fully saturated rings. The molecule has 0 saturated carbocycles. The maximum atomic E-state index is 11.4. The molecule has 1 aliphatic heterocycles. The highest BCUT2D eigenvalue weighted by Crippen LogP contribution is 2.39. The summed E-state index contributed by atoms with van der Waals surface area (Å²) in [4.78, 5) is 15.4. The van der Waals surface area contributed by atoms with Crippen molar-refractivity contribution in [3.05, 3.63) is 63.8 Å². The van der Waals surface area contributed by atoms with Gasteiger partial charge in [0.15, 0.2) is 16.5 Å². The fraction of sp³-hybridized carbons (Fsp3) is 0.0714. The van der Waals surface area contributed by atoms with Crippen LogP contribution < -0.4 is 5.32 Å². The third-order valence-electron chi connectivity index (χ3n) is 3.18. The summed E-state index contributed by atoms with van der Waals surface area (Å²) in [5.41, 5.74) is 0.747. The number of pyridine rings is 1. The topological polar surface area (TPSA) is 112 Å². The van der Waals surface area contributed by atoms with Crippen LogP contribution in [0.4, 0.5) is 5.69 Å². The van der Waals surface area contributed by atoms with E-state index in [-0.39, 0.29) is 28.5 Å². The van der Waals surface area contributed by atoms with Gasteiger partial charge in [-0.05, 0) is 30.3 Å². The molecule has 1 aromatic carbocycles. The highest BCUT2D eigenvalue weighted by Gasteiger charge is 2.37. The number of nitrogens with one attached hydrogen (secondary N) is 1. The minimum absolute atomic E-state index is 0. The predicted octanol–water partition coefficient (Wildman–Crippen LogP) is 3.01. The fourth-order valence-electron chi connectivity index (χ4n) is 2.11. The van der Waals surface area contributed by atoms with Crippen molar-refractivity contribution < 1.29 is 15.2 Å². The SMILES string of the molecule is Br.O=[N+]([O-])N1C(c2ccc(O)c(O)c2)=CSC1Nc1cccnc1. The standard InChI is InChI=1S/C14H12N4O4S.BrH/c19-12-4-3-9(6-13(12)20)11-8-23-14(17(11)18(21)22)16-10-2-1-5-15-7-10;/h1-8,14,16,19-20H;1H. The molecule has 0 radical (unpaired) electrons. The number of nitrogens with zero attached hydrogens (tertiary/aromatic N) is 3. The molecule has 1 unspecified atom stereocenters. The maximum Gasteiger partial charge on any atom is 0.215 e. The Morgan fingerprint density at radius 1 is 1.29 bits per heavy atom. The van der Waals surface area contributed by atoms with Gasteiger partial charge in [0, 0.05) is 17.2 Å². The zero-order valence-corrected chi connectivity index (χ0v) is 14.6. The van der Waals surface area contributed by atoms with E-state index in [1.807, 2.05) is 0 Å². The molecule has 126 valence electrons. The van der Waals surface area contributed by atoms with Crippen molar-refractivity contribution in [3.8, 4) is 11.5 Å². The predicted molar refractivity (Wildman–Crippen MR) is 96.1 cm³/mol. The zero-order chi connectivity index (χ0) is 16.4. The number of hydrogen-bond donors (Lipinski definition) is 3. The molecule has 0 amide bonds. The number of aromatic hydroxyl groups is 2. The Bertz CT molecular complexity index is 775. The van der Waals surface area contributed by atoms with Gasteiger partial charge in [-0.3, -0.25) is 4.98 Å². The van der Waals surface area contributed by atoms with Crippen LogP contribution in [0.2, 0.25) is 0 Å². The number of aromatic nitrogens is 1. The van der Waals surface area contributed by atoms with Gasteiger partial charge in [0.05, 0.1) is 11.9 Å². The Morgan fingerprint density at radius 2 is 2.08 bits per heavy atom. The zero-order valence-electron chi connectivity index (χ0n) is 12.1. The van der Waals surface area contributed by atoms with Crippen molar-refractivity contribution >= 4 is 40.1 Å². The van der Waals surface area contributed by atoms with Crippen LogP contribution in [-0.2, 0) is 0 Å². The molecule has 24 heavy (non-hydrogen) atoms. The summed E-state index contributed by atoms with van der Waals surface area (Å²) in [6.07, 6.45) is 3.18. The quantitative estimate of drug-likeness (QED) is 0.399. The summed E-state index contributed by atoms with van der Waals surface area (Å²) < 4.78 is 0. The number of halogens is 1. The molecular formula is C14H13BrN4O4S. The second-order valence-electron chi connectivity index (χ2n) is 4.66. The molecule has 3 N–H and O–H groups in total. The average molecular weight is 413 g/mol. The van der Waals surface area contributed by atoms with Crippen LogP contribution in [0.5, 0.6) is 11.5 Å². The van der Waals surface area contributed by atoms with Crippen LogP contribution in [-0.4, -0.2) is 30.7 Å². The Morgan fingerprint density at radius 3 is 2.71 bits per heavy atom. The van der Waals surface area contributed by atoms with Crippen molar-refractivity contribution in [1.29, 1.82) is 0 Å². The number of nitro groups is 1. The Balaban J connectivity index is 0.00000208. The molecular weight excluding hydrogens is 400 g/mol. The highest BCUT2D eigenvalue weighted by atomic mass is 79.9. The second-order valence-corrected chi connectivity index (χ2v) is 5.62. The maximum absolute atomic E-state index is 11.4. The number of benzene rings is 1. The van der Waals surface area contributed by atoms with E-state index in [1.165, 1.54) is 30.0 Å². The summed E-state index contributed by atoms with van der Waals surface area (Å²) in [6, 6.07) is 7.56. The first-order valence-electron chi connectivity index (χ1n) is 6.54. The molecule has 2 aromatic rings. The third-order valence-corrected chi connectivity index (χ3v) is 4.11. The number of rotatable bonds is 4. The van der Waals surface area contributed by atoms with Gasteiger partial charge in [-0.25, -0.2) is 10.1 Å². The molecule has 1 atom stereocenters. The van der Waals surface area contributed by atoms with Gasteiger partial charge in [0.1, 0.15) is 5.70 Å². The van der Waals surface area contributed by atoms with Gasteiger partial charge in [0.25, 0.3) is 0 Å². The number of phenolic OH excluding ortho intramolecular Hbond substituents is 2. The molecule has 1 aromatic heterocycles. The van der Waals surface area contributed by atoms with Gasteiger partial charge in [0.2, 0.25) is 5.50 Å². The number of thioether (sulfide) groups is 1. The van der Waals surface area contributed by atoms with Crippen LogP contribution >= 0.6 is 28.7 Å². The van der Waals surface area contributed by atoms with E-state index in [0.717, 1.165) is 5.01 Å². The molecule has 0 spiro atoms. The number of anilines is 1. The van der Waals surface area contributed by atoms with Crippen molar-refractivity contribution in [2.75, 3.05) is 5.32 Å². The fourth-order valence-corrected chi connectivity index (χ4v) is 3.12. The second kappa shape index (κ2) is 7.41. The first kappa shape index (κ1) is 17.9. The van der Waals surface area contributed by atoms with Gasteiger partial charge >= 0.3 is 0 Å². The summed E-state index contributed by atoms with van der Waals surface area (Å²) in [5, 5.41) is 35.5. The average Bonchev–Trinajstić information content (AvgIpc) is 2.95. The Hall–Kier alpha value is -2.46. The minimum Gasteiger partial charge on any atom is -0.504 e.